The van der Waals surface area contributed by atoms with Crippen LogP contribution in [0, 0.1) is 0 Å². The Morgan fingerprint density at radius 2 is 1.73 bits per heavy atom. The molecule has 2 aromatic rings. The Labute approximate surface area is 87.7 Å². The van der Waals surface area contributed by atoms with Gasteiger partial charge in [-0.2, -0.15) is 0 Å². The van der Waals surface area contributed by atoms with Crippen LogP contribution in [0.15, 0.2) is 42.7 Å². The van der Waals surface area contributed by atoms with Crippen LogP contribution in [0.25, 0.3) is 0 Å². The van der Waals surface area contributed by atoms with E-state index in [-0.39, 0.29) is 0 Å². The zero-order chi connectivity index (χ0) is 10.5. The maximum absolute atomic E-state index is 5.43. The van der Waals surface area contributed by atoms with Crippen LogP contribution in [0.1, 0.15) is 5.56 Å². The molecule has 15 heavy (non-hydrogen) atoms. The molecule has 0 fully saturated rings. The predicted octanol–water partition coefficient (Wildman–Crippen LogP) is 1.73. The highest BCUT2D eigenvalue weighted by Crippen LogP contribution is 2.15. The van der Waals surface area contributed by atoms with Gasteiger partial charge in [0.2, 0.25) is 0 Å². The molecular weight excluding hydrogens is 190 g/mol. The first-order valence-electron chi connectivity index (χ1n) is 4.62. The summed E-state index contributed by atoms with van der Waals surface area (Å²) in [6.07, 6.45) is 3.32. The Morgan fingerprint density at radius 3 is 2.33 bits per heavy atom. The molecule has 4 heteroatoms. The van der Waals surface area contributed by atoms with Gasteiger partial charge in [0.05, 0.1) is 0 Å². The van der Waals surface area contributed by atoms with Gasteiger partial charge in [-0.15, -0.1) is 0 Å². The van der Waals surface area contributed by atoms with Crippen molar-refractivity contribution in [3.05, 3.63) is 48.3 Å². The van der Waals surface area contributed by atoms with E-state index in [0.29, 0.717) is 12.6 Å². The molecule has 0 aliphatic heterocycles. The molecule has 0 spiro atoms. The predicted molar refractivity (Wildman–Crippen MR) is 56.4 cm³/mol. The standard InChI is InChI=1S/C11H11N3O/c12-6-9-7-13-11(14-8-9)15-10-4-2-1-3-5-10/h1-5,7-8H,6,12H2. The van der Waals surface area contributed by atoms with Crippen LogP contribution >= 0.6 is 0 Å². The summed E-state index contributed by atoms with van der Waals surface area (Å²) in [5.74, 6) is 0.720. The number of rotatable bonds is 3. The number of hydrogen-bond donors (Lipinski definition) is 1. The Hall–Kier alpha value is -1.94. The molecule has 0 amide bonds. The van der Waals surface area contributed by atoms with E-state index in [1.54, 1.807) is 12.4 Å². The molecular formula is C11H11N3O. The van der Waals surface area contributed by atoms with Gasteiger partial charge >= 0.3 is 6.01 Å². The number of ether oxygens (including phenoxy) is 1. The molecule has 0 radical (unpaired) electrons. The third kappa shape index (κ3) is 2.51. The molecule has 0 aliphatic carbocycles. The van der Waals surface area contributed by atoms with Crippen LogP contribution in [-0.4, -0.2) is 9.97 Å². The van der Waals surface area contributed by atoms with Gasteiger partial charge in [-0.1, -0.05) is 18.2 Å². The second-order valence-electron chi connectivity index (χ2n) is 2.99. The molecule has 0 unspecified atom stereocenters. The SMILES string of the molecule is NCc1cnc(Oc2ccccc2)nc1. The van der Waals surface area contributed by atoms with E-state index in [0.717, 1.165) is 11.3 Å². The molecule has 4 nitrogen and oxygen atoms in total. The number of benzene rings is 1. The van der Waals surface area contributed by atoms with Crippen LogP contribution in [-0.2, 0) is 6.54 Å². The van der Waals surface area contributed by atoms with Gasteiger partial charge in [-0.25, -0.2) is 9.97 Å². The maximum Gasteiger partial charge on any atom is 0.321 e. The lowest BCUT2D eigenvalue weighted by molar-refractivity contribution is 0.441. The van der Waals surface area contributed by atoms with Crippen molar-refractivity contribution in [2.75, 3.05) is 0 Å². The molecule has 76 valence electrons. The van der Waals surface area contributed by atoms with E-state index in [4.69, 9.17) is 10.5 Å². The molecule has 0 saturated heterocycles. The fraction of sp³-hybridized carbons (Fsp3) is 0.0909. The van der Waals surface area contributed by atoms with Gasteiger partial charge in [0.1, 0.15) is 5.75 Å². The van der Waals surface area contributed by atoms with Crippen molar-refractivity contribution in [1.82, 2.24) is 9.97 Å². The summed E-state index contributed by atoms with van der Waals surface area (Å²) in [5, 5.41) is 0. The summed E-state index contributed by atoms with van der Waals surface area (Å²) in [4.78, 5) is 8.06. The summed E-state index contributed by atoms with van der Waals surface area (Å²) < 4.78 is 5.41. The van der Waals surface area contributed by atoms with Gasteiger partial charge in [-0.05, 0) is 12.1 Å². The van der Waals surface area contributed by atoms with Gasteiger partial charge in [0.25, 0.3) is 0 Å². The zero-order valence-corrected chi connectivity index (χ0v) is 8.13. The van der Waals surface area contributed by atoms with E-state index in [2.05, 4.69) is 9.97 Å². The van der Waals surface area contributed by atoms with E-state index in [9.17, 15) is 0 Å². The molecule has 0 atom stereocenters. The fourth-order valence-electron chi connectivity index (χ4n) is 1.09. The Kier molecular flexibility index (Phi) is 2.90. The minimum absolute atomic E-state index is 0.332. The molecule has 2 N–H and O–H groups in total. The summed E-state index contributed by atoms with van der Waals surface area (Å²) in [6.45, 7) is 0.436. The topological polar surface area (TPSA) is 61.0 Å². The summed E-state index contributed by atoms with van der Waals surface area (Å²) in [5.41, 5.74) is 6.32. The lowest BCUT2D eigenvalue weighted by atomic mass is 10.3. The Morgan fingerprint density at radius 1 is 1.07 bits per heavy atom. The Bertz CT molecular complexity index is 414. The molecule has 1 aromatic heterocycles. The van der Waals surface area contributed by atoms with Crippen molar-refractivity contribution >= 4 is 0 Å². The lowest BCUT2D eigenvalue weighted by Gasteiger charge is -2.02. The summed E-state index contributed by atoms with van der Waals surface area (Å²) >= 11 is 0. The zero-order valence-electron chi connectivity index (χ0n) is 8.13. The second kappa shape index (κ2) is 4.52. The smallest absolute Gasteiger partial charge is 0.321 e. The van der Waals surface area contributed by atoms with Crippen molar-refractivity contribution in [3.8, 4) is 11.8 Å². The highest BCUT2D eigenvalue weighted by Gasteiger charge is 1.98. The van der Waals surface area contributed by atoms with Crippen LogP contribution < -0.4 is 10.5 Å². The van der Waals surface area contributed by atoms with Crippen LogP contribution in [0.5, 0.6) is 11.8 Å². The molecule has 0 bridgehead atoms. The normalized spacial score (nSPS) is 9.93. The van der Waals surface area contributed by atoms with Crippen molar-refractivity contribution in [3.63, 3.8) is 0 Å². The number of aromatic nitrogens is 2. The van der Waals surface area contributed by atoms with Gasteiger partial charge in [0.15, 0.2) is 0 Å². The maximum atomic E-state index is 5.43. The van der Waals surface area contributed by atoms with Gasteiger partial charge < -0.3 is 10.5 Å². The van der Waals surface area contributed by atoms with E-state index in [1.165, 1.54) is 0 Å². The van der Waals surface area contributed by atoms with E-state index in [1.807, 2.05) is 30.3 Å². The second-order valence-corrected chi connectivity index (χ2v) is 2.99. The largest absolute Gasteiger partial charge is 0.424 e. The first-order valence-corrected chi connectivity index (χ1v) is 4.62. The third-order valence-electron chi connectivity index (χ3n) is 1.87. The first kappa shape index (κ1) is 9.61. The number of nitrogens with zero attached hydrogens (tertiary/aromatic N) is 2. The van der Waals surface area contributed by atoms with Crippen molar-refractivity contribution in [1.29, 1.82) is 0 Å². The molecule has 0 saturated carbocycles. The highest BCUT2D eigenvalue weighted by molar-refractivity contribution is 5.24. The number of nitrogens with two attached hydrogens (primary N) is 1. The average Bonchev–Trinajstić information content (AvgIpc) is 2.31. The monoisotopic (exact) mass is 201 g/mol. The minimum atomic E-state index is 0.332. The average molecular weight is 201 g/mol. The first-order chi connectivity index (χ1) is 7.38. The number of hydrogen-bond acceptors (Lipinski definition) is 4. The van der Waals surface area contributed by atoms with Crippen LogP contribution in [0.4, 0.5) is 0 Å². The van der Waals surface area contributed by atoms with Crippen molar-refractivity contribution in [2.24, 2.45) is 5.73 Å². The van der Waals surface area contributed by atoms with E-state index < -0.39 is 0 Å². The minimum Gasteiger partial charge on any atom is -0.424 e. The third-order valence-corrected chi connectivity index (χ3v) is 1.87. The highest BCUT2D eigenvalue weighted by atomic mass is 16.5. The molecule has 1 aromatic carbocycles. The summed E-state index contributed by atoms with van der Waals surface area (Å²) in [6, 6.07) is 9.73. The summed E-state index contributed by atoms with van der Waals surface area (Å²) in [7, 11) is 0. The van der Waals surface area contributed by atoms with Crippen molar-refractivity contribution in [2.45, 2.75) is 6.54 Å². The van der Waals surface area contributed by atoms with Gasteiger partial charge in [0, 0.05) is 24.5 Å². The fourth-order valence-corrected chi connectivity index (χ4v) is 1.09. The number of para-hydroxylation sites is 1. The Balaban J connectivity index is 2.11. The quantitative estimate of drug-likeness (QED) is 0.821. The lowest BCUT2D eigenvalue weighted by Crippen LogP contribution is -1.99. The van der Waals surface area contributed by atoms with Crippen LogP contribution in [0.3, 0.4) is 0 Å². The van der Waals surface area contributed by atoms with Crippen molar-refractivity contribution < 1.29 is 4.74 Å². The molecule has 0 aliphatic rings. The van der Waals surface area contributed by atoms with Gasteiger partial charge in [-0.3, -0.25) is 0 Å². The molecule has 1 heterocycles. The molecule has 2 rings (SSSR count). The van der Waals surface area contributed by atoms with Crippen LogP contribution in [0.2, 0.25) is 0 Å². The van der Waals surface area contributed by atoms with E-state index >= 15 is 0 Å².